The fourth-order valence-electron chi connectivity index (χ4n) is 2.06. The van der Waals surface area contributed by atoms with Gasteiger partial charge in [0.2, 0.25) is 15.8 Å². The molecule has 1 amide bonds. The number of nitrogens with zero attached hydrogens (tertiary/aromatic N) is 2. The summed E-state index contributed by atoms with van der Waals surface area (Å²) in [6, 6.07) is 1.54. The molecule has 0 atom stereocenters. The van der Waals surface area contributed by atoms with E-state index >= 15 is 0 Å². The number of carbonyl (C=O) groups excluding carboxylic acids is 1. The molecule has 1 aliphatic heterocycles. The molecular weight excluding hydrogens is 270 g/mol. The van der Waals surface area contributed by atoms with Gasteiger partial charge >= 0.3 is 0 Å². The average Bonchev–Trinajstić information content (AvgIpc) is 2.75. The van der Waals surface area contributed by atoms with Gasteiger partial charge in [-0.25, -0.2) is 12.7 Å². The lowest BCUT2D eigenvalue weighted by atomic mass is 10.1. The predicted molar refractivity (Wildman–Crippen MR) is 68.1 cm³/mol. The topological polar surface area (TPSA) is 92.5 Å². The van der Waals surface area contributed by atoms with Crippen LogP contribution in [0.3, 0.4) is 0 Å². The second-order valence-corrected chi connectivity index (χ2v) is 6.72. The van der Waals surface area contributed by atoms with Crippen molar-refractivity contribution in [1.82, 2.24) is 14.8 Å². The quantitative estimate of drug-likeness (QED) is 0.853. The van der Waals surface area contributed by atoms with Crippen molar-refractivity contribution in [3.63, 3.8) is 0 Å². The summed E-state index contributed by atoms with van der Waals surface area (Å²) in [5.41, 5.74) is 0.650. The second kappa shape index (κ2) is 5.30. The molecule has 0 radical (unpaired) electrons. The third-order valence-corrected chi connectivity index (χ3v) is 4.41. The molecule has 1 N–H and O–H groups in total. The van der Waals surface area contributed by atoms with Crippen LogP contribution in [0, 0.1) is 6.92 Å². The molecule has 0 spiro atoms. The van der Waals surface area contributed by atoms with Crippen molar-refractivity contribution in [1.29, 1.82) is 0 Å². The molecule has 0 bridgehead atoms. The predicted octanol–water partition coefficient (Wildman–Crippen LogP) is 0.137. The van der Waals surface area contributed by atoms with Crippen molar-refractivity contribution in [2.24, 2.45) is 0 Å². The molecule has 0 aliphatic carbocycles. The van der Waals surface area contributed by atoms with Gasteiger partial charge in [0.1, 0.15) is 0 Å². The number of nitrogens with one attached hydrogen (secondary N) is 1. The molecule has 1 aromatic heterocycles. The number of carbonyl (C=O) groups is 1. The largest absolute Gasteiger partial charge is 0.351 e. The normalized spacial score (nSPS) is 18.4. The van der Waals surface area contributed by atoms with Crippen LogP contribution < -0.4 is 5.32 Å². The number of piperidine rings is 1. The van der Waals surface area contributed by atoms with E-state index in [1.54, 1.807) is 13.0 Å². The number of amides is 1. The minimum atomic E-state index is -3.13. The Hall–Kier alpha value is -1.41. The lowest BCUT2D eigenvalue weighted by Gasteiger charge is -2.30. The summed E-state index contributed by atoms with van der Waals surface area (Å²) in [6.45, 7) is 2.60. The van der Waals surface area contributed by atoms with Gasteiger partial charge < -0.3 is 9.84 Å². The highest BCUT2D eigenvalue weighted by Crippen LogP contribution is 2.14. The first-order valence-electron chi connectivity index (χ1n) is 6.05. The van der Waals surface area contributed by atoms with Crippen LogP contribution >= 0.6 is 0 Å². The van der Waals surface area contributed by atoms with Gasteiger partial charge in [-0.1, -0.05) is 5.16 Å². The van der Waals surface area contributed by atoms with Gasteiger partial charge in [0.25, 0.3) is 5.91 Å². The van der Waals surface area contributed by atoms with Crippen LogP contribution in [0.5, 0.6) is 0 Å². The highest BCUT2D eigenvalue weighted by molar-refractivity contribution is 7.88. The van der Waals surface area contributed by atoms with Crippen molar-refractivity contribution in [2.45, 2.75) is 25.8 Å². The van der Waals surface area contributed by atoms with Crippen molar-refractivity contribution in [2.75, 3.05) is 19.3 Å². The van der Waals surface area contributed by atoms with E-state index in [-0.39, 0.29) is 17.7 Å². The fourth-order valence-corrected chi connectivity index (χ4v) is 2.93. The Bertz CT molecular complexity index is 558. The second-order valence-electron chi connectivity index (χ2n) is 4.74. The van der Waals surface area contributed by atoms with Crippen molar-refractivity contribution in [3.05, 3.63) is 17.5 Å². The van der Waals surface area contributed by atoms with Gasteiger partial charge in [0.05, 0.1) is 11.9 Å². The molecule has 0 unspecified atom stereocenters. The number of hydrogen-bond acceptors (Lipinski definition) is 5. The summed E-state index contributed by atoms with van der Waals surface area (Å²) in [5.74, 6) is -0.124. The standard InChI is InChI=1S/C11H17N3O4S/c1-8-7-10(18-13-8)11(15)12-9-3-5-14(6-4-9)19(2,16)17/h7,9H,3-6H2,1-2H3,(H,12,15). The van der Waals surface area contributed by atoms with Gasteiger partial charge in [0.15, 0.2) is 0 Å². The van der Waals surface area contributed by atoms with Gasteiger partial charge in [-0.05, 0) is 19.8 Å². The molecule has 0 saturated carbocycles. The van der Waals surface area contributed by atoms with E-state index < -0.39 is 10.0 Å². The lowest BCUT2D eigenvalue weighted by molar-refractivity contribution is 0.0886. The van der Waals surface area contributed by atoms with Crippen LogP contribution in [-0.2, 0) is 10.0 Å². The number of aromatic nitrogens is 1. The summed E-state index contributed by atoms with van der Waals surface area (Å²) < 4.78 is 29.0. The number of aryl methyl sites for hydroxylation is 1. The van der Waals surface area contributed by atoms with Crippen molar-refractivity contribution < 1.29 is 17.7 Å². The number of hydrogen-bond donors (Lipinski definition) is 1. The van der Waals surface area contributed by atoms with Crippen LogP contribution in [0.15, 0.2) is 10.6 Å². The first-order valence-corrected chi connectivity index (χ1v) is 7.90. The maximum atomic E-state index is 11.8. The Morgan fingerprint density at radius 3 is 2.58 bits per heavy atom. The summed E-state index contributed by atoms with van der Waals surface area (Å²) in [7, 11) is -3.13. The van der Waals surface area contributed by atoms with E-state index in [2.05, 4.69) is 10.5 Å². The Balaban J connectivity index is 1.88. The van der Waals surface area contributed by atoms with Gasteiger partial charge in [0, 0.05) is 25.2 Å². The van der Waals surface area contributed by atoms with E-state index in [0.717, 1.165) is 0 Å². The fraction of sp³-hybridized carbons (Fsp3) is 0.636. The van der Waals surface area contributed by atoms with Crippen LogP contribution in [0.25, 0.3) is 0 Å². The van der Waals surface area contributed by atoms with Crippen LogP contribution in [0.4, 0.5) is 0 Å². The molecule has 7 nitrogen and oxygen atoms in total. The SMILES string of the molecule is Cc1cc(C(=O)NC2CCN(S(C)(=O)=O)CC2)on1. The average molecular weight is 287 g/mol. The molecule has 2 heterocycles. The Labute approximate surface area is 112 Å². The molecule has 1 aliphatic rings. The van der Waals surface area contributed by atoms with Gasteiger partial charge in [-0.15, -0.1) is 0 Å². The Kier molecular flexibility index (Phi) is 3.91. The minimum absolute atomic E-state index is 0.0316. The monoisotopic (exact) mass is 287 g/mol. The zero-order valence-corrected chi connectivity index (χ0v) is 11.7. The lowest BCUT2D eigenvalue weighted by Crippen LogP contribution is -2.46. The molecule has 1 saturated heterocycles. The van der Waals surface area contributed by atoms with E-state index in [0.29, 0.717) is 31.6 Å². The van der Waals surface area contributed by atoms with Crippen LogP contribution in [-0.4, -0.2) is 49.2 Å². The smallest absolute Gasteiger partial charge is 0.290 e. The molecule has 1 aromatic rings. The zero-order chi connectivity index (χ0) is 14.0. The van der Waals surface area contributed by atoms with Crippen LogP contribution in [0.1, 0.15) is 29.1 Å². The molecule has 0 aromatic carbocycles. The minimum Gasteiger partial charge on any atom is -0.351 e. The Morgan fingerprint density at radius 1 is 1.47 bits per heavy atom. The number of sulfonamides is 1. The highest BCUT2D eigenvalue weighted by atomic mass is 32.2. The first kappa shape index (κ1) is 14.0. The summed E-state index contributed by atoms with van der Waals surface area (Å²) in [4.78, 5) is 11.8. The molecule has 19 heavy (non-hydrogen) atoms. The highest BCUT2D eigenvalue weighted by Gasteiger charge is 2.26. The Morgan fingerprint density at radius 2 is 2.11 bits per heavy atom. The first-order chi connectivity index (χ1) is 8.86. The zero-order valence-electron chi connectivity index (χ0n) is 10.9. The van der Waals surface area contributed by atoms with E-state index in [1.165, 1.54) is 10.6 Å². The maximum absolute atomic E-state index is 11.8. The maximum Gasteiger partial charge on any atom is 0.290 e. The summed E-state index contributed by atoms with van der Waals surface area (Å²) in [6.07, 6.45) is 2.40. The molecule has 2 rings (SSSR count). The van der Waals surface area contributed by atoms with Gasteiger partial charge in [-0.2, -0.15) is 0 Å². The van der Waals surface area contributed by atoms with E-state index in [1.807, 2.05) is 0 Å². The molecule has 1 fully saturated rings. The van der Waals surface area contributed by atoms with Crippen molar-refractivity contribution >= 4 is 15.9 Å². The van der Waals surface area contributed by atoms with Gasteiger partial charge in [-0.3, -0.25) is 4.79 Å². The third-order valence-electron chi connectivity index (χ3n) is 3.11. The van der Waals surface area contributed by atoms with E-state index in [9.17, 15) is 13.2 Å². The van der Waals surface area contributed by atoms with E-state index in [4.69, 9.17) is 4.52 Å². The summed E-state index contributed by atoms with van der Waals surface area (Å²) >= 11 is 0. The van der Waals surface area contributed by atoms with Crippen molar-refractivity contribution in [3.8, 4) is 0 Å². The molecule has 106 valence electrons. The molecule has 8 heteroatoms. The summed E-state index contributed by atoms with van der Waals surface area (Å²) in [5, 5.41) is 6.48. The molecular formula is C11H17N3O4S. The third kappa shape index (κ3) is 3.54. The van der Waals surface area contributed by atoms with Crippen LogP contribution in [0.2, 0.25) is 0 Å². The number of rotatable bonds is 3.